The van der Waals surface area contributed by atoms with E-state index in [2.05, 4.69) is 4.98 Å². The van der Waals surface area contributed by atoms with Gasteiger partial charge >= 0.3 is 0 Å². The Morgan fingerprint density at radius 1 is 1.65 bits per heavy atom. The van der Waals surface area contributed by atoms with Crippen LogP contribution in [0, 0.1) is 17.0 Å². The molecular formula is C11H12N2O3S. The van der Waals surface area contributed by atoms with Gasteiger partial charge in [0.1, 0.15) is 5.69 Å². The number of aryl methyl sites for hydroxylation is 1. The Kier molecular flexibility index (Phi) is 4.84. The third kappa shape index (κ3) is 4.36. The van der Waals surface area contributed by atoms with Crippen molar-refractivity contribution in [2.75, 3.05) is 5.75 Å². The van der Waals surface area contributed by atoms with Crippen molar-refractivity contribution in [3.05, 3.63) is 39.7 Å². The predicted molar refractivity (Wildman–Crippen MR) is 67.8 cm³/mol. The molecule has 5 nitrogen and oxygen atoms in total. The van der Waals surface area contributed by atoms with Crippen molar-refractivity contribution in [3.8, 4) is 0 Å². The Morgan fingerprint density at radius 2 is 2.35 bits per heavy atom. The van der Waals surface area contributed by atoms with Gasteiger partial charge in [-0.05, 0) is 12.5 Å². The van der Waals surface area contributed by atoms with E-state index < -0.39 is 4.92 Å². The maximum Gasteiger partial charge on any atom is 0.291 e. The summed E-state index contributed by atoms with van der Waals surface area (Å²) in [6, 6.07) is 1.47. The number of nitro groups is 1. The van der Waals surface area contributed by atoms with Crippen molar-refractivity contribution in [3.63, 3.8) is 0 Å². The molecule has 6 heteroatoms. The fourth-order valence-electron chi connectivity index (χ4n) is 1.16. The lowest BCUT2D eigenvalue weighted by atomic mass is 10.2. The molecule has 1 aromatic heterocycles. The fourth-order valence-corrected chi connectivity index (χ4v) is 1.59. The van der Waals surface area contributed by atoms with Crippen molar-refractivity contribution in [1.29, 1.82) is 0 Å². The quantitative estimate of drug-likeness (QED) is 0.608. The summed E-state index contributed by atoms with van der Waals surface area (Å²) in [7, 11) is 0. The lowest BCUT2D eigenvalue weighted by Crippen LogP contribution is -1.94. The van der Waals surface area contributed by atoms with E-state index in [1.54, 1.807) is 25.3 Å². The van der Waals surface area contributed by atoms with E-state index in [1.165, 1.54) is 24.8 Å². The lowest BCUT2D eigenvalue weighted by Gasteiger charge is -1.97. The van der Waals surface area contributed by atoms with Crippen LogP contribution in [0.1, 0.15) is 18.2 Å². The second-order valence-corrected chi connectivity index (χ2v) is 4.53. The minimum atomic E-state index is -0.454. The van der Waals surface area contributed by atoms with Gasteiger partial charge in [-0.25, -0.2) is 0 Å². The maximum absolute atomic E-state index is 10.7. The molecule has 1 rings (SSSR count). The molecule has 0 N–H and O–H groups in total. The first-order valence-corrected chi connectivity index (χ1v) is 5.90. The normalized spacial score (nSPS) is 10.7. The summed E-state index contributed by atoms with van der Waals surface area (Å²) < 4.78 is 0. The van der Waals surface area contributed by atoms with Gasteiger partial charge in [-0.1, -0.05) is 23.9 Å². The molecule has 0 aromatic carbocycles. The molecule has 1 aromatic rings. The van der Waals surface area contributed by atoms with Crippen molar-refractivity contribution >= 4 is 28.6 Å². The van der Waals surface area contributed by atoms with Crippen molar-refractivity contribution in [2.24, 2.45) is 0 Å². The average molecular weight is 252 g/mol. The topological polar surface area (TPSA) is 73.1 Å². The van der Waals surface area contributed by atoms with Gasteiger partial charge in [0.05, 0.1) is 4.92 Å². The van der Waals surface area contributed by atoms with Crippen molar-refractivity contribution < 1.29 is 9.72 Å². The van der Waals surface area contributed by atoms with Gasteiger partial charge in [-0.2, -0.15) is 0 Å². The first-order chi connectivity index (χ1) is 8.00. The zero-order valence-electron chi connectivity index (χ0n) is 9.54. The molecule has 0 unspecified atom stereocenters. The highest BCUT2D eigenvalue weighted by atomic mass is 32.2. The Labute approximate surface area is 103 Å². The molecule has 0 bridgehead atoms. The van der Waals surface area contributed by atoms with E-state index in [0.717, 1.165) is 0 Å². The zero-order chi connectivity index (χ0) is 12.8. The monoisotopic (exact) mass is 252 g/mol. The number of nitrogens with zero attached hydrogens (tertiary/aromatic N) is 2. The van der Waals surface area contributed by atoms with Crippen LogP contribution in [-0.4, -0.2) is 20.8 Å². The first kappa shape index (κ1) is 13.4. The minimum Gasteiger partial charge on any atom is -0.288 e. The standard InChI is InChI=1S/C11H12N2O3S/c1-8-11(13(15)16)6-10(7-12-8)4-3-5-17-9(2)14/h3-4,6-7H,5H2,1-2H3. The molecule has 0 spiro atoms. The minimum absolute atomic E-state index is 0.00590. The van der Waals surface area contributed by atoms with Crippen LogP contribution in [0.5, 0.6) is 0 Å². The number of hydrogen-bond donors (Lipinski definition) is 0. The highest BCUT2D eigenvalue weighted by molar-refractivity contribution is 8.13. The van der Waals surface area contributed by atoms with E-state index in [0.29, 0.717) is 17.0 Å². The summed E-state index contributed by atoms with van der Waals surface area (Å²) in [6.07, 6.45) is 5.06. The van der Waals surface area contributed by atoms with Gasteiger partial charge in [0.15, 0.2) is 5.12 Å². The highest BCUT2D eigenvalue weighted by Crippen LogP contribution is 2.17. The number of aromatic nitrogens is 1. The van der Waals surface area contributed by atoms with E-state index in [1.807, 2.05) is 0 Å². The second-order valence-electron chi connectivity index (χ2n) is 3.34. The van der Waals surface area contributed by atoms with E-state index in [4.69, 9.17) is 0 Å². The number of carbonyl (C=O) groups is 1. The molecule has 90 valence electrons. The maximum atomic E-state index is 10.7. The molecular weight excluding hydrogens is 240 g/mol. The van der Waals surface area contributed by atoms with Crippen LogP contribution in [0.15, 0.2) is 18.3 Å². The van der Waals surface area contributed by atoms with Crippen LogP contribution in [0.3, 0.4) is 0 Å². The van der Waals surface area contributed by atoms with Crippen LogP contribution in [0.2, 0.25) is 0 Å². The SMILES string of the molecule is CC(=O)SCC=Cc1cnc(C)c([N+](=O)[O-])c1. The van der Waals surface area contributed by atoms with E-state index >= 15 is 0 Å². The van der Waals surface area contributed by atoms with Gasteiger partial charge < -0.3 is 0 Å². The van der Waals surface area contributed by atoms with Gasteiger partial charge in [0.25, 0.3) is 5.69 Å². The number of rotatable bonds is 4. The summed E-state index contributed by atoms with van der Waals surface area (Å²) >= 11 is 1.18. The summed E-state index contributed by atoms with van der Waals surface area (Å²) in [5.74, 6) is 0.553. The molecule has 1 heterocycles. The largest absolute Gasteiger partial charge is 0.291 e. The molecule has 0 aliphatic rings. The van der Waals surface area contributed by atoms with Crippen LogP contribution >= 0.6 is 11.8 Å². The molecule has 17 heavy (non-hydrogen) atoms. The van der Waals surface area contributed by atoms with E-state index in [9.17, 15) is 14.9 Å². The Hall–Kier alpha value is -1.69. The smallest absolute Gasteiger partial charge is 0.288 e. The molecule has 0 aliphatic heterocycles. The van der Waals surface area contributed by atoms with Crippen molar-refractivity contribution in [2.45, 2.75) is 13.8 Å². The van der Waals surface area contributed by atoms with E-state index in [-0.39, 0.29) is 10.8 Å². The lowest BCUT2D eigenvalue weighted by molar-refractivity contribution is -0.385. The van der Waals surface area contributed by atoms with Gasteiger partial charge in [-0.15, -0.1) is 0 Å². The highest BCUT2D eigenvalue weighted by Gasteiger charge is 2.10. The Balaban J connectivity index is 2.75. The molecule has 0 fully saturated rings. The summed E-state index contributed by atoms with van der Waals surface area (Å²) in [6.45, 7) is 3.09. The summed E-state index contributed by atoms with van der Waals surface area (Å²) in [5.41, 5.74) is 1.06. The fraction of sp³-hybridized carbons (Fsp3) is 0.273. The van der Waals surface area contributed by atoms with Gasteiger partial charge in [0, 0.05) is 24.9 Å². The van der Waals surface area contributed by atoms with Crippen LogP contribution in [-0.2, 0) is 4.79 Å². The molecule has 0 amide bonds. The predicted octanol–water partition coefficient (Wildman–Crippen LogP) is 2.59. The van der Waals surface area contributed by atoms with Crippen molar-refractivity contribution in [1.82, 2.24) is 4.98 Å². The number of thioether (sulfide) groups is 1. The number of pyridine rings is 1. The number of hydrogen-bond acceptors (Lipinski definition) is 5. The molecule has 0 saturated heterocycles. The average Bonchev–Trinajstić information content (AvgIpc) is 2.25. The molecule has 0 radical (unpaired) electrons. The second kappa shape index (κ2) is 6.15. The summed E-state index contributed by atoms with van der Waals surface area (Å²) in [4.78, 5) is 24.8. The third-order valence-corrected chi connectivity index (χ3v) is 2.74. The van der Waals surface area contributed by atoms with Gasteiger partial charge in [0.2, 0.25) is 0 Å². The summed E-state index contributed by atoms with van der Waals surface area (Å²) in [5, 5.41) is 10.7. The van der Waals surface area contributed by atoms with Crippen LogP contribution in [0.4, 0.5) is 5.69 Å². The molecule has 0 saturated carbocycles. The molecule has 0 atom stereocenters. The first-order valence-electron chi connectivity index (χ1n) is 4.91. The Bertz CT molecular complexity index is 472. The zero-order valence-corrected chi connectivity index (χ0v) is 10.4. The number of carbonyl (C=O) groups excluding carboxylic acids is 1. The van der Waals surface area contributed by atoms with Gasteiger partial charge in [-0.3, -0.25) is 19.9 Å². The molecule has 0 aliphatic carbocycles. The van der Waals surface area contributed by atoms with Crippen LogP contribution in [0.25, 0.3) is 6.08 Å². The van der Waals surface area contributed by atoms with Crippen LogP contribution < -0.4 is 0 Å². The third-order valence-electron chi connectivity index (χ3n) is 1.97. The Morgan fingerprint density at radius 3 is 2.94 bits per heavy atom.